The molecule has 1 aromatic heterocycles. The monoisotopic (exact) mass is 242 g/mol. The number of nitrogens with one attached hydrogen (secondary N) is 1. The molecule has 1 rings (SSSR count). The number of nitrogens with zero attached hydrogens (tertiary/aromatic N) is 1. The summed E-state index contributed by atoms with van der Waals surface area (Å²) in [6.07, 6.45) is 6.33. The Balaban J connectivity index is 2.46. The summed E-state index contributed by atoms with van der Waals surface area (Å²) in [4.78, 5) is 16.6. The average Bonchev–Trinajstić information content (AvgIpc) is 2.34. The van der Waals surface area contributed by atoms with Gasteiger partial charge in [0.2, 0.25) is 0 Å². The van der Waals surface area contributed by atoms with Crippen LogP contribution in [-0.4, -0.2) is 30.4 Å². The van der Waals surface area contributed by atoms with Crippen LogP contribution >= 0.6 is 11.8 Å². The third-order valence-corrected chi connectivity index (χ3v) is 2.75. The summed E-state index contributed by atoms with van der Waals surface area (Å²) in [5, 5.41) is 2.73. The number of unbranched alkanes of at least 4 members (excludes halogenated alkanes) is 1. The quantitative estimate of drug-likeness (QED) is 0.614. The van der Waals surface area contributed by atoms with E-state index in [0.717, 1.165) is 4.90 Å². The van der Waals surface area contributed by atoms with Gasteiger partial charge >= 0.3 is 0 Å². The van der Waals surface area contributed by atoms with Crippen LogP contribution in [0.4, 0.5) is 4.39 Å². The van der Waals surface area contributed by atoms with Crippen molar-refractivity contribution in [1.82, 2.24) is 10.3 Å². The highest BCUT2D eigenvalue weighted by Crippen LogP contribution is 2.13. The van der Waals surface area contributed by atoms with Gasteiger partial charge in [0.25, 0.3) is 5.91 Å². The molecule has 0 bridgehead atoms. The average molecular weight is 242 g/mol. The number of pyridine rings is 1. The Morgan fingerprint density at radius 1 is 1.50 bits per heavy atom. The van der Waals surface area contributed by atoms with Gasteiger partial charge in [0.15, 0.2) is 0 Å². The van der Waals surface area contributed by atoms with Gasteiger partial charge in [0, 0.05) is 23.8 Å². The molecule has 0 fully saturated rings. The van der Waals surface area contributed by atoms with E-state index in [1.165, 1.54) is 6.20 Å². The Bertz CT molecular complexity index is 347. The van der Waals surface area contributed by atoms with Crippen LogP contribution in [-0.2, 0) is 0 Å². The summed E-state index contributed by atoms with van der Waals surface area (Å²) in [6, 6.07) is 1.79. The summed E-state index contributed by atoms with van der Waals surface area (Å²) >= 11 is 1.54. The third kappa shape index (κ3) is 4.18. The molecular weight excluding hydrogens is 227 g/mol. The van der Waals surface area contributed by atoms with Crippen LogP contribution in [0, 0.1) is 0 Å². The van der Waals surface area contributed by atoms with Gasteiger partial charge < -0.3 is 5.32 Å². The first-order valence-corrected chi connectivity index (χ1v) is 6.33. The van der Waals surface area contributed by atoms with Gasteiger partial charge in [-0.2, -0.15) is 0 Å². The number of aromatic nitrogens is 1. The Morgan fingerprint density at radius 2 is 2.31 bits per heavy atom. The number of hydrogen-bond acceptors (Lipinski definition) is 3. The number of hydrogen-bond donors (Lipinski definition) is 1. The minimum absolute atomic E-state index is 0.151. The van der Waals surface area contributed by atoms with Crippen LogP contribution in [0.25, 0.3) is 0 Å². The molecule has 1 N–H and O–H groups in total. The molecule has 0 unspecified atom stereocenters. The predicted molar refractivity (Wildman–Crippen MR) is 63.6 cm³/mol. The fraction of sp³-hybridized carbons (Fsp3) is 0.455. The Labute approximate surface area is 98.8 Å². The highest BCUT2D eigenvalue weighted by molar-refractivity contribution is 7.98. The number of thioether (sulfide) groups is 1. The second-order valence-electron chi connectivity index (χ2n) is 3.27. The SMILES string of the molecule is CSc1cncc(C(=O)NCCCCF)c1. The third-order valence-electron chi connectivity index (χ3n) is 2.06. The summed E-state index contributed by atoms with van der Waals surface area (Å²) in [5.74, 6) is -0.151. The molecule has 0 spiro atoms. The second-order valence-corrected chi connectivity index (χ2v) is 4.15. The van der Waals surface area contributed by atoms with Gasteiger partial charge in [0.1, 0.15) is 0 Å². The number of rotatable bonds is 6. The van der Waals surface area contributed by atoms with Crippen molar-refractivity contribution in [3.05, 3.63) is 24.0 Å². The summed E-state index contributed by atoms with van der Waals surface area (Å²) in [7, 11) is 0. The Hall–Kier alpha value is -1.10. The molecule has 5 heteroatoms. The molecule has 0 aliphatic rings. The largest absolute Gasteiger partial charge is 0.352 e. The van der Waals surface area contributed by atoms with E-state index >= 15 is 0 Å². The van der Waals surface area contributed by atoms with Gasteiger partial charge in [-0.05, 0) is 25.2 Å². The first kappa shape index (κ1) is 13.0. The first-order chi connectivity index (χ1) is 7.77. The smallest absolute Gasteiger partial charge is 0.252 e. The minimum atomic E-state index is -0.334. The molecule has 0 saturated carbocycles. The van der Waals surface area contributed by atoms with Crippen molar-refractivity contribution in [2.45, 2.75) is 17.7 Å². The molecule has 3 nitrogen and oxygen atoms in total. The molecule has 0 aliphatic carbocycles. The topological polar surface area (TPSA) is 42.0 Å². The van der Waals surface area contributed by atoms with E-state index in [4.69, 9.17) is 0 Å². The first-order valence-electron chi connectivity index (χ1n) is 5.11. The standard InChI is InChI=1S/C11H15FN2OS/c1-16-10-6-9(7-13-8-10)11(15)14-5-3-2-4-12/h6-8H,2-5H2,1H3,(H,14,15). The molecule has 0 saturated heterocycles. The van der Waals surface area contributed by atoms with Crippen molar-refractivity contribution in [1.29, 1.82) is 0 Å². The number of halogens is 1. The molecular formula is C11H15FN2OS. The second kappa shape index (κ2) is 7.22. The van der Waals surface area contributed by atoms with Crippen molar-refractivity contribution in [3.8, 4) is 0 Å². The van der Waals surface area contributed by atoms with Crippen molar-refractivity contribution < 1.29 is 9.18 Å². The van der Waals surface area contributed by atoms with Crippen LogP contribution in [0.1, 0.15) is 23.2 Å². The van der Waals surface area contributed by atoms with E-state index in [9.17, 15) is 9.18 Å². The molecule has 0 atom stereocenters. The van der Waals surface area contributed by atoms with Crippen molar-refractivity contribution in [2.75, 3.05) is 19.5 Å². The maximum absolute atomic E-state index is 11.8. The highest BCUT2D eigenvalue weighted by Gasteiger charge is 2.05. The molecule has 1 amide bonds. The lowest BCUT2D eigenvalue weighted by Crippen LogP contribution is -2.24. The fourth-order valence-corrected chi connectivity index (χ4v) is 1.59. The number of carbonyl (C=O) groups excluding carboxylic acids is 1. The van der Waals surface area contributed by atoms with Gasteiger partial charge in [-0.15, -0.1) is 11.8 Å². The predicted octanol–water partition coefficient (Wildman–Crippen LogP) is 2.28. The van der Waals surface area contributed by atoms with Crippen molar-refractivity contribution >= 4 is 17.7 Å². The maximum Gasteiger partial charge on any atom is 0.252 e. The lowest BCUT2D eigenvalue weighted by atomic mass is 10.2. The zero-order valence-corrected chi connectivity index (χ0v) is 10.0. The van der Waals surface area contributed by atoms with E-state index in [0.29, 0.717) is 24.9 Å². The lowest BCUT2D eigenvalue weighted by Gasteiger charge is -2.04. The van der Waals surface area contributed by atoms with Crippen molar-refractivity contribution in [2.24, 2.45) is 0 Å². The van der Waals surface area contributed by atoms with E-state index in [1.807, 2.05) is 6.26 Å². The summed E-state index contributed by atoms with van der Waals surface area (Å²) in [6.45, 7) is 0.172. The van der Waals surface area contributed by atoms with E-state index < -0.39 is 0 Å². The lowest BCUT2D eigenvalue weighted by molar-refractivity contribution is 0.0952. The van der Waals surface area contributed by atoms with Crippen LogP contribution in [0.2, 0.25) is 0 Å². The minimum Gasteiger partial charge on any atom is -0.352 e. The summed E-state index contributed by atoms with van der Waals surface area (Å²) < 4.78 is 11.8. The molecule has 0 aromatic carbocycles. The zero-order chi connectivity index (χ0) is 11.8. The van der Waals surface area contributed by atoms with Gasteiger partial charge in [-0.25, -0.2) is 0 Å². The number of alkyl halides is 1. The highest BCUT2D eigenvalue weighted by atomic mass is 32.2. The van der Waals surface area contributed by atoms with Crippen LogP contribution in [0.15, 0.2) is 23.4 Å². The maximum atomic E-state index is 11.8. The molecule has 0 radical (unpaired) electrons. The van der Waals surface area contributed by atoms with Crippen LogP contribution < -0.4 is 5.32 Å². The Morgan fingerprint density at radius 3 is 3.00 bits per heavy atom. The molecule has 16 heavy (non-hydrogen) atoms. The fourth-order valence-electron chi connectivity index (χ4n) is 1.18. The number of carbonyl (C=O) groups is 1. The van der Waals surface area contributed by atoms with Gasteiger partial charge in [-0.3, -0.25) is 14.2 Å². The normalized spacial score (nSPS) is 10.1. The number of amides is 1. The zero-order valence-electron chi connectivity index (χ0n) is 9.20. The molecule has 1 heterocycles. The summed E-state index contributed by atoms with van der Waals surface area (Å²) in [5.41, 5.74) is 0.548. The van der Waals surface area contributed by atoms with E-state index in [1.54, 1.807) is 24.0 Å². The van der Waals surface area contributed by atoms with Crippen molar-refractivity contribution in [3.63, 3.8) is 0 Å². The van der Waals surface area contributed by atoms with E-state index in [2.05, 4.69) is 10.3 Å². The van der Waals surface area contributed by atoms with Crippen LogP contribution in [0.3, 0.4) is 0 Å². The van der Waals surface area contributed by atoms with Gasteiger partial charge in [-0.1, -0.05) is 0 Å². The van der Waals surface area contributed by atoms with Gasteiger partial charge in [0.05, 0.1) is 12.2 Å². The molecule has 88 valence electrons. The molecule has 1 aromatic rings. The van der Waals surface area contributed by atoms with Crippen LogP contribution in [0.5, 0.6) is 0 Å². The molecule has 0 aliphatic heterocycles. The van der Waals surface area contributed by atoms with E-state index in [-0.39, 0.29) is 12.6 Å². The Kier molecular flexibility index (Phi) is 5.85.